The van der Waals surface area contributed by atoms with E-state index in [0.717, 1.165) is 38.4 Å². The number of rotatable bonds is 4. The van der Waals surface area contributed by atoms with Crippen molar-refractivity contribution in [1.82, 2.24) is 15.3 Å². The number of nitrogens with one attached hydrogen (secondary N) is 1. The van der Waals surface area contributed by atoms with Gasteiger partial charge in [0.25, 0.3) is 5.91 Å². The topological polar surface area (TPSA) is 89.7 Å². The molecule has 8 heteroatoms. The first-order chi connectivity index (χ1) is 12.2. The van der Waals surface area contributed by atoms with Crippen LogP contribution in [0, 0.1) is 6.92 Å². The summed E-state index contributed by atoms with van der Waals surface area (Å²) in [5, 5.41) is 3.64. The molecule has 2 fully saturated rings. The third kappa shape index (κ3) is 3.19. The zero-order chi connectivity index (χ0) is 17.2. The molecule has 0 spiro atoms. The average Bonchev–Trinajstić information content (AvgIpc) is 3.27. The third-order valence-corrected chi connectivity index (χ3v) is 4.70. The molecule has 25 heavy (non-hydrogen) atoms. The Kier molecular flexibility index (Phi) is 4.54. The zero-order valence-corrected chi connectivity index (χ0v) is 14.3. The number of hydrogen-bond donors (Lipinski definition) is 1. The van der Waals surface area contributed by atoms with Gasteiger partial charge in [-0.3, -0.25) is 4.79 Å². The van der Waals surface area contributed by atoms with E-state index in [1.165, 1.54) is 6.33 Å². The fourth-order valence-electron chi connectivity index (χ4n) is 3.42. The Balaban J connectivity index is 1.64. The van der Waals surface area contributed by atoms with Gasteiger partial charge in [-0.25, -0.2) is 9.97 Å². The van der Waals surface area contributed by atoms with Gasteiger partial charge in [0.1, 0.15) is 17.9 Å². The third-order valence-electron chi connectivity index (χ3n) is 4.70. The number of amides is 1. The Morgan fingerprint density at radius 3 is 2.92 bits per heavy atom. The molecule has 4 heterocycles. The minimum atomic E-state index is -0.170. The number of carbonyl (C=O) groups is 1. The summed E-state index contributed by atoms with van der Waals surface area (Å²) in [6.07, 6.45) is 3.60. The maximum Gasteiger partial charge on any atom is 0.255 e. The lowest BCUT2D eigenvalue weighted by Crippen LogP contribution is -2.37. The molecule has 2 aromatic rings. The maximum atomic E-state index is 12.8. The molecule has 2 aliphatic rings. The van der Waals surface area contributed by atoms with Gasteiger partial charge in [0, 0.05) is 26.2 Å². The Morgan fingerprint density at radius 1 is 1.32 bits per heavy atom. The Labute approximate surface area is 145 Å². The molecule has 0 aromatic carbocycles. The van der Waals surface area contributed by atoms with Crippen LogP contribution < -0.4 is 10.2 Å². The van der Waals surface area contributed by atoms with Crippen LogP contribution in [0.4, 0.5) is 5.82 Å². The fraction of sp³-hybridized carbons (Fsp3) is 0.588. The Morgan fingerprint density at radius 2 is 2.16 bits per heavy atom. The molecule has 0 aliphatic carbocycles. The SMILES string of the molecule is Cc1oc2ncnc(N3CCOCC3)c2c1C(=O)NC[C@H]1CCCO1. The number of aryl methyl sites for hydroxylation is 1. The van der Waals surface area contributed by atoms with Crippen molar-refractivity contribution in [3.63, 3.8) is 0 Å². The van der Waals surface area contributed by atoms with Gasteiger partial charge in [-0.05, 0) is 19.8 Å². The molecule has 4 rings (SSSR count). The van der Waals surface area contributed by atoms with Gasteiger partial charge in [0.15, 0.2) is 0 Å². The number of aromatic nitrogens is 2. The number of anilines is 1. The van der Waals surface area contributed by atoms with Crippen molar-refractivity contribution < 1.29 is 18.7 Å². The predicted molar refractivity (Wildman–Crippen MR) is 90.9 cm³/mol. The lowest BCUT2D eigenvalue weighted by Gasteiger charge is -2.28. The molecule has 0 saturated carbocycles. The molecule has 1 N–H and O–H groups in total. The van der Waals surface area contributed by atoms with Crippen molar-refractivity contribution in [2.24, 2.45) is 0 Å². The highest BCUT2D eigenvalue weighted by atomic mass is 16.5. The molecular formula is C17H22N4O4. The van der Waals surface area contributed by atoms with Crippen LogP contribution in [0.5, 0.6) is 0 Å². The van der Waals surface area contributed by atoms with E-state index in [9.17, 15) is 4.79 Å². The predicted octanol–water partition coefficient (Wildman–Crippen LogP) is 1.28. The van der Waals surface area contributed by atoms with Crippen LogP contribution in [0.1, 0.15) is 29.0 Å². The lowest BCUT2D eigenvalue weighted by molar-refractivity contribution is 0.0857. The van der Waals surface area contributed by atoms with Gasteiger partial charge in [0.2, 0.25) is 5.71 Å². The van der Waals surface area contributed by atoms with E-state index < -0.39 is 0 Å². The second kappa shape index (κ2) is 6.97. The summed E-state index contributed by atoms with van der Waals surface area (Å²) in [6.45, 7) is 5.80. The van der Waals surface area contributed by atoms with Crippen LogP contribution in [0.15, 0.2) is 10.7 Å². The zero-order valence-electron chi connectivity index (χ0n) is 14.3. The van der Waals surface area contributed by atoms with E-state index in [-0.39, 0.29) is 12.0 Å². The van der Waals surface area contributed by atoms with Crippen molar-refractivity contribution in [1.29, 1.82) is 0 Å². The smallest absolute Gasteiger partial charge is 0.255 e. The molecule has 134 valence electrons. The lowest BCUT2D eigenvalue weighted by atomic mass is 10.1. The average molecular weight is 346 g/mol. The second-order valence-corrected chi connectivity index (χ2v) is 6.36. The number of nitrogens with zero attached hydrogens (tertiary/aromatic N) is 3. The molecule has 2 aromatic heterocycles. The highest BCUT2D eigenvalue weighted by molar-refractivity contribution is 6.10. The minimum absolute atomic E-state index is 0.0948. The number of furan rings is 1. The number of carbonyl (C=O) groups excluding carboxylic acids is 1. The van der Waals surface area contributed by atoms with Gasteiger partial charge in [-0.15, -0.1) is 0 Å². The summed E-state index contributed by atoms with van der Waals surface area (Å²) in [5.74, 6) is 1.11. The van der Waals surface area contributed by atoms with Crippen LogP contribution in [0.3, 0.4) is 0 Å². The normalized spacial score (nSPS) is 21.0. The van der Waals surface area contributed by atoms with Gasteiger partial charge >= 0.3 is 0 Å². The quantitative estimate of drug-likeness (QED) is 0.892. The first-order valence-electron chi connectivity index (χ1n) is 8.70. The van der Waals surface area contributed by atoms with Crippen molar-refractivity contribution in [3.8, 4) is 0 Å². The summed E-state index contributed by atoms with van der Waals surface area (Å²) >= 11 is 0. The van der Waals surface area contributed by atoms with Crippen LogP contribution in [-0.2, 0) is 9.47 Å². The summed E-state index contributed by atoms with van der Waals surface area (Å²) in [5.41, 5.74) is 0.950. The van der Waals surface area contributed by atoms with Gasteiger partial charge < -0.3 is 24.1 Å². The standard InChI is InChI=1S/C17H22N4O4/c1-11-13(16(22)18-9-12-3-2-6-24-12)14-15(19-10-20-17(14)25-11)21-4-7-23-8-5-21/h10,12H,2-9H2,1H3,(H,18,22)/t12-/m1/s1. The number of fused-ring (bicyclic) bond motifs is 1. The van der Waals surface area contributed by atoms with E-state index >= 15 is 0 Å². The summed E-state index contributed by atoms with van der Waals surface area (Å²) < 4.78 is 16.7. The number of morpholine rings is 1. The van der Waals surface area contributed by atoms with Gasteiger partial charge in [-0.1, -0.05) is 0 Å². The van der Waals surface area contributed by atoms with E-state index in [1.807, 2.05) is 0 Å². The van der Waals surface area contributed by atoms with E-state index in [0.29, 0.717) is 42.2 Å². The Hall–Kier alpha value is -2.19. The largest absolute Gasteiger partial charge is 0.442 e. The highest BCUT2D eigenvalue weighted by Crippen LogP contribution is 2.31. The van der Waals surface area contributed by atoms with Gasteiger partial charge in [0.05, 0.1) is 30.3 Å². The molecule has 0 bridgehead atoms. The van der Waals surface area contributed by atoms with Crippen molar-refractivity contribution in [3.05, 3.63) is 17.7 Å². The summed E-state index contributed by atoms with van der Waals surface area (Å²) in [4.78, 5) is 23.5. The first kappa shape index (κ1) is 16.3. The van der Waals surface area contributed by atoms with E-state index in [1.54, 1.807) is 6.92 Å². The maximum absolute atomic E-state index is 12.8. The van der Waals surface area contributed by atoms with E-state index in [2.05, 4.69) is 20.2 Å². The molecule has 0 radical (unpaired) electrons. The van der Waals surface area contributed by atoms with Crippen LogP contribution in [0.2, 0.25) is 0 Å². The molecule has 1 amide bonds. The summed E-state index contributed by atoms with van der Waals surface area (Å²) in [6, 6.07) is 0. The Bertz CT molecular complexity index is 763. The molecule has 0 unspecified atom stereocenters. The van der Waals surface area contributed by atoms with E-state index in [4.69, 9.17) is 13.9 Å². The van der Waals surface area contributed by atoms with Gasteiger partial charge in [-0.2, -0.15) is 0 Å². The number of ether oxygens (including phenoxy) is 2. The molecular weight excluding hydrogens is 324 g/mol. The minimum Gasteiger partial charge on any atom is -0.442 e. The monoisotopic (exact) mass is 346 g/mol. The van der Waals surface area contributed by atoms with Crippen molar-refractivity contribution in [2.75, 3.05) is 44.4 Å². The highest BCUT2D eigenvalue weighted by Gasteiger charge is 2.26. The molecule has 2 aliphatic heterocycles. The van der Waals surface area contributed by atoms with Crippen molar-refractivity contribution in [2.45, 2.75) is 25.9 Å². The van der Waals surface area contributed by atoms with Crippen LogP contribution in [-0.4, -0.2) is 61.4 Å². The molecule has 1 atom stereocenters. The fourth-order valence-corrected chi connectivity index (χ4v) is 3.42. The van der Waals surface area contributed by atoms with Crippen LogP contribution >= 0.6 is 0 Å². The first-order valence-corrected chi connectivity index (χ1v) is 8.70. The van der Waals surface area contributed by atoms with Crippen molar-refractivity contribution >= 4 is 22.8 Å². The molecule has 2 saturated heterocycles. The summed E-state index contributed by atoms with van der Waals surface area (Å²) in [7, 11) is 0. The second-order valence-electron chi connectivity index (χ2n) is 6.36. The van der Waals surface area contributed by atoms with Crippen LogP contribution in [0.25, 0.3) is 11.1 Å². The number of hydrogen-bond acceptors (Lipinski definition) is 7. The molecule has 8 nitrogen and oxygen atoms in total.